The van der Waals surface area contributed by atoms with Gasteiger partial charge in [-0.25, -0.2) is 0 Å². The van der Waals surface area contributed by atoms with Crippen molar-refractivity contribution in [1.29, 1.82) is 0 Å². The van der Waals surface area contributed by atoms with Gasteiger partial charge in [0.25, 0.3) is 5.91 Å². The van der Waals surface area contributed by atoms with E-state index < -0.39 is 5.91 Å². The summed E-state index contributed by atoms with van der Waals surface area (Å²) in [7, 11) is 0. The number of hydrogen-bond donors (Lipinski definition) is 1. The van der Waals surface area contributed by atoms with E-state index in [-0.39, 0.29) is 11.6 Å². The maximum Gasteiger partial charge on any atom is 0.295 e. The van der Waals surface area contributed by atoms with Crippen LogP contribution in [-0.4, -0.2) is 15.6 Å². The third-order valence-corrected chi connectivity index (χ3v) is 5.48. The fourth-order valence-electron chi connectivity index (χ4n) is 3.26. The lowest BCUT2D eigenvalue weighted by Crippen LogP contribution is -1.98. The standard InChI is InChI=1S/C23H17BrClN3O2/c1-14-3-2-4-16(11-14)22(29)27-26-21-19-12-17(24)7-10-20(19)28(23(21)30)13-15-5-8-18(25)9-6-15/h2-12,30H,13H2,1H3. The van der Waals surface area contributed by atoms with Gasteiger partial charge < -0.3 is 9.67 Å². The van der Waals surface area contributed by atoms with Crippen LogP contribution in [0, 0.1) is 6.92 Å². The second kappa shape index (κ2) is 8.42. The molecular formula is C23H17BrClN3O2. The fourth-order valence-corrected chi connectivity index (χ4v) is 3.75. The summed E-state index contributed by atoms with van der Waals surface area (Å²) in [6.45, 7) is 2.32. The molecule has 0 saturated carbocycles. The summed E-state index contributed by atoms with van der Waals surface area (Å²) in [5, 5.41) is 20.2. The smallest absolute Gasteiger partial charge is 0.295 e. The first-order valence-corrected chi connectivity index (χ1v) is 10.4. The number of aromatic nitrogens is 1. The van der Waals surface area contributed by atoms with Crippen LogP contribution in [-0.2, 0) is 6.54 Å². The molecule has 1 heterocycles. The van der Waals surface area contributed by atoms with Gasteiger partial charge in [-0.1, -0.05) is 57.4 Å². The summed E-state index contributed by atoms with van der Waals surface area (Å²) in [4.78, 5) is 12.4. The minimum absolute atomic E-state index is 0.0566. The molecule has 7 heteroatoms. The first kappa shape index (κ1) is 20.3. The van der Waals surface area contributed by atoms with Gasteiger partial charge in [0.2, 0.25) is 5.88 Å². The van der Waals surface area contributed by atoms with Crippen LogP contribution in [0.15, 0.2) is 81.4 Å². The summed E-state index contributed by atoms with van der Waals surface area (Å²) in [5.74, 6) is -0.523. The Bertz CT molecular complexity index is 1280. The van der Waals surface area contributed by atoms with Crippen molar-refractivity contribution in [2.75, 3.05) is 0 Å². The van der Waals surface area contributed by atoms with Gasteiger partial charge in [0.05, 0.1) is 12.1 Å². The predicted octanol–water partition coefficient (Wildman–Crippen LogP) is 7.04. The lowest BCUT2D eigenvalue weighted by molar-refractivity contribution is 0.0995. The van der Waals surface area contributed by atoms with E-state index in [0.29, 0.717) is 22.5 Å². The van der Waals surface area contributed by atoms with Gasteiger partial charge in [0.1, 0.15) is 0 Å². The number of carbonyl (C=O) groups is 1. The maximum atomic E-state index is 12.4. The van der Waals surface area contributed by atoms with E-state index in [9.17, 15) is 9.90 Å². The number of aromatic hydroxyl groups is 1. The number of rotatable bonds is 4. The number of carbonyl (C=O) groups excluding carboxylic acids is 1. The van der Waals surface area contributed by atoms with Crippen LogP contribution in [0.3, 0.4) is 0 Å². The third kappa shape index (κ3) is 4.15. The molecule has 1 aromatic heterocycles. The summed E-state index contributed by atoms with van der Waals surface area (Å²) >= 11 is 9.43. The molecule has 30 heavy (non-hydrogen) atoms. The number of amides is 1. The number of aryl methyl sites for hydroxylation is 1. The van der Waals surface area contributed by atoms with Crippen LogP contribution in [0.2, 0.25) is 5.02 Å². The fraction of sp³-hybridized carbons (Fsp3) is 0.0870. The third-order valence-electron chi connectivity index (χ3n) is 4.73. The van der Waals surface area contributed by atoms with Crippen molar-refractivity contribution < 1.29 is 9.90 Å². The molecular weight excluding hydrogens is 466 g/mol. The lowest BCUT2D eigenvalue weighted by Gasteiger charge is -2.07. The van der Waals surface area contributed by atoms with E-state index in [4.69, 9.17) is 11.6 Å². The van der Waals surface area contributed by atoms with Crippen LogP contribution in [0.5, 0.6) is 5.88 Å². The molecule has 0 atom stereocenters. The zero-order chi connectivity index (χ0) is 21.3. The minimum Gasteiger partial charge on any atom is -0.493 e. The van der Waals surface area contributed by atoms with E-state index in [0.717, 1.165) is 21.1 Å². The Hall–Kier alpha value is -2.96. The average molecular weight is 483 g/mol. The van der Waals surface area contributed by atoms with Gasteiger partial charge in [0, 0.05) is 20.4 Å². The highest BCUT2D eigenvalue weighted by atomic mass is 79.9. The topological polar surface area (TPSA) is 66.9 Å². The molecule has 0 fully saturated rings. The number of azo groups is 1. The Morgan fingerprint density at radius 3 is 2.60 bits per heavy atom. The molecule has 0 unspecified atom stereocenters. The number of benzene rings is 3. The second-order valence-electron chi connectivity index (χ2n) is 6.92. The van der Waals surface area contributed by atoms with Crippen molar-refractivity contribution >= 4 is 50.0 Å². The largest absolute Gasteiger partial charge is 0.493 e. The Kier molecular flexibility index (Phi) is 5.70. The van der Waals surface area contributed by atoms with Crippen molar-refractivity contribution in [3.8, 4) is 5.88 Å². The van der Waals surface area contributed by atoms with Crippen LogP contribution in [0.25, 0.3) is 10.9 Å². The lowest BCUT2D eigenvalue weighted by atomic mass is 10.1. The van der Waals surface area contributed by atoms with E-state index >= 15 is 0 Å². The van der Waals surface area contributed by atoms with E-state index in [1.54, 1.807) is 34.9 Å². The van der Waals surface area contributed by atoms with Crippen molar-refractivity contribution in [3.63, 3.8) is 0 Å². The molecule has 5 nitrogen and oxygen atoms in total. The van der Waals surface area contributed by atoms with Crippen LogP contribution < -0.4 is 0 Å². The highest BCUT2D eigenvalue weighted by Crippen LogP contribution is 2.40. The Morgan fingerprint density at radius 1 is 1.10 bits per heavy atom. The maximum absolute atomic E-state index is 12.4. The van der Waals surface area contributed by atoms with Gasteiger partial charge in [-0.2, -0.15) is 0 Å². The van der Waals surface area contributed by atoms with Gasteiger partial charge in [-0.05, 0) is 55.0 Å². The molecule has 0 aliphatic rings. The van der Waals surface area contributed by atoms with Crippen LogP contribution in [0.4, 0.5) is 5.69 Å². The molecule has 0 saturated heterocycles. The summed E-state index contributed by atoms with van der Waals surface area (Å²) in [6, 6.07) is 20.2. The summed E-state index contributed by atoms with van der Waals surface area (Å²) in [5.41, 5.74) is 3.41. The van der Waals surface area contributed by atoms with Gasteiger partial charge in [-0.15, -0.1) is 10.2 Å². The number of fused-ring (bicyclic) bond motifs is 1. The second-order valence-corrected chi connectivity index (χ2v) is 8.27. The molecule has 0 spiro atoms. The van der Waals surface area contributed by atoms with Crippen molar-refractivity contribution in [3.05, 3.63) is 92.9 Å². The zero-order valence-electron chi connectivity index (χ0n) is 16.0. The molecule has 0 aliphatic heterocycles. The Morgan fingerprint density at radius 2 is 1.87 bits per heavy atom. The van der Waals surface area contributed by atoms with Crippen LogP contribution >= 0.6 is 27.5 Å². The van der Waals surface area contributed by atoms with E-state index in [2.05, 4.69) is 26.2 Å². The summed E-state index contributed by atoms with van der Waals surface area (Å²) in [6.07, 6.45) is 0. The van der Waals surface area contributed by atoms with Crippen molar-refractivity contribution in [2.45, 2.75) is 13.5 Å². The first-order chi connectivity index (χ1) is 14.4. The number of hydrogen-bond acceptors (Lipinski definition) is 3. The highest BCUT2D eigenvalue weighted by Gasteiger charge is 2.18. The van der Waals surface area contributed by atoms with Crippen molar-refractivity contribution in [1.82, 2.24) is 4.57 Å². The predicted molar refractivity (Wildman–Crippen MR) is 122 cm³/mol. The molecule has 1 amide bonds. The SMILES string of the molecule is Cc1cccc(C(=O)N=Nc2c(O)n(Cc3ccc(Cl)cc3)c3ccc(Br)cc23)c1. The molecule has 4 aromatic rings. The Balaban J connectivity index is 1.75. The minimum atomic E-state index is -0.466. The molecule has 4 rings (SSSR count). The van der Waals surface area contributed by atoms with Gasteiger partial charge in [0.15, 0.2) is 5.69 Å². The van der Waals surface area contributed by atoms with E-state index in [1.165, 1.54) is 0 Å². The number of nitrogens with zero attached hydrogens (tertiary/aromatic N) is 3. The van der Waals surface area contributed by atoms with Crippen molar-refractivity contribution in [2.24, 2.45) is 10.2 Å². The quantitative estimate of drug-likeness (QED) is 0.317. The van der Waals surface area contributed by atoms with Gasteiger partial charge >= 0.3 is 0 Å². The molecule has 1 N–H and O–H groups in total. The molecule has 0 aliphatic carbocycles. The molecule has 3 aromatic carbocycles. The first-order valence-electron chi connectivity index (χ1n) is 9.20. The number of halogens is 2. The normalized spacial score (nSPS) is 11.4. The summed E-state index contributed by atoms with van der Waals surface area (Å²) < 4.78 is 2.57. The Labute approximate surface area is 186 Å². The molecule has 150 valence electrons. The van der Waals surface area contributed by atoms with Crippen LogP contribution in [0.1, 0.15) is 21.5 Å². The monoisotopic (exact) mass is 481 g/mol. The zero-order valence-corrected chi connectivity index (χ0v) is 18.4. The molecule has 0 bridgehead atoms. The average Bonchev–Trinajstić information content (AvgIpc) is 2.98. The van der Waals surface area contributed by atoms with Gasteiger partial charge in [-0.3, -0.25) is 4.79 Å². The van der Waals surface area contributed by atoms with E-state index in [1.807, 2.05) is 43.3 Å². The highest BCUT2D eigenvalue weighted by molar-refractivity contribution is 9.10. The molecule has 0 radical (unpaired) electrons.